The van der Waals surface area contributed by atoms with Crippen LogP contribution in [-0.2, 0) is 26.2 Å². The summed E-state index contributed by atoms with van der Waals surface area (Å²) in [5.41, 5.74) is 4.13. The van der Waals surface area contributed by atoms with Gasteiger partial charge in [0.05, 0.1) is 18.4 Å². The van der Waals surface area contributed by atoms with Gasteiger partial charge in [-0.05, 0) is 38.8 Å². The average molecular weight is 327 g/mol. The predicted octanol–water partition coefficient (Wildman–Crippen LogP) is 1.32. The number of hydrogen-bond acceptors (Lipinski definition) is 4. The van der Waals surface area contributed by atoms with Crippen LogP contribution in [0.1, 0.15) is 27.2 Å². The SMILES string of the molecule is CN(C)Cc1cccc(C(=O)NCc2cnn3c2CN(C)CC3)c1. The molecule has 2 heterocycles. The number of benzene rings is 1. The standard InChI is InChI=1S/C18H25N5O/c1-21(2)12-14-5-4-6-15(9-14)18(24)19-10-16-11-20-23-8-7-22(3)13-17(16)23/h4-6,9,11H,7-8,10,12-13H2,1-3H3,(H,19,24). The first kappa shape index (κ1) is 16.7. The molecule has 6 nitrogen and oxygen atoms in total. The topological polar surface area (TPSA) is 53.4 Å². The molecule has 1 aliphatic rings. The van der Waals surface area contributed by atoms with Crippen molar-refractivity contribution in [2.24, 2.45) is 0 Å². The van der Waals surface area contributed by atoms with E-state index in [4.69, 9.17) is 0 Å². The Hall–Kier alpha value is -2.18. The second-order valence-electron chi connectivity index (χ2n) is 6.70. The number of fused-ring (bicyclic) bond motifs is 1. The van der Waals surface area contributed by atoms with Crippen LogP contribution in [0.2, 0.25) is 0 Å². The molecule has 0 saturated carbocycles. The molecule has 1 aromatic carbocycles. The molecule has 1 aromatic heterocycles. The van der Waals surface area contributed by atoms with Crippen LogP contribution in [0.5, 0.6) is 0 Å². The second-order valence-corrected chi connectivity index (χ2v) is 6.70. The minimum atomic E-state index is -0.0419. The Morgan fingerprint density at radius 1 is 1.33 bits per heavy atom. The molecule has 24 heavy (non-hydrogen) atoms. The Labute approximate surface area is 143 Å². The molecule has 0 aliphatic carbocycles. The van der Waals surface area contributed by atoms with Crippen molar-refractivity contribution >= 4 is 5.91 Å². The van der Waals surface area contributed by atoms with E-state index in [-0.39, 0.29) is 5.91 Å². The molecule has 0 saturated heterocycles. The molecule has 0 spiro atoms. The van der Waals surface area contributed by atoms with Crippen LogP contribution in [0.3, 0.4) is 0 Å². The maximum Gasteiger partial charge on any atom is 0.251 e. The molecule has 0 unspecified atom stereocenters. The van der Waals surface area contributed by atoms with E-state index in [1.165, 1.54) is 5.69 Å². The Kier molecular flexibility index (Phi) is 4.97. The maximum absolute atomic E-state index is 12.4. The van der Waals surface area contributed by atoms with Crippen LogP contribution in [0.15, 0.2) is 30.5 Å². The monoisotopic (exact) mass is 327 g/mol. The molecule has 0 atom stereocenters. The molecule has 1 N–H and O–H groups in total. The predicted molar refractivity (Wildman–Crippen MR) is 93.6 cm³/mol. The summed E-state index contributed by atoms with van der Waals surface area (Å²) in [6.07, 6.45) is 1.87. The molecule has 0 bridgehead atoms. The van der Waals surface area contributed by atoms with Crippen LogP contribution >= 0.6 is 0 Å². The van der Waals surface area contributed by atoms with Crippen molar-refractivity contribution in [3.8, 4) is 0 Å². The lowest BCUT2D eigenvalue weighted by molar-refractivity contribution is 0.0950. The van der Waals surface area contributed by atoms with E-state index in [2.05, 4.69) is 27.3 Å². The highest BCUT2D eigenvalue weighted by atomic mass is 16.1. The lowest BCUT2D eigenvalue weighted by Gasteiger charge is -2.24. The van der Waals surface area contributed by atoms with E-state index in [0.717, 1.165) is 37.3 Å². The summed E-state index contributed by atoms with van der Waals surface area (Å²) in [6.45, 7) is 4.14. The summed E-state index contributed by atoms with van der Waals surface area (Å²) in [5, 5.41) is 7.44. The van der Waals surface area contributed by atoms with Gasteiger partial charge in [-0.15, -0.1) is 0 Å². The summed E-state index contributed by atoms with van der Waals surface area (Å²) in [5.74, 6) is -0.0419. The molecule has 2 aromatic rings. The number of aromatic nitrogens is 2. The highest BCUT2D eigenvalue weighted by molar-refractivity contribution is 5.94. The number of carbonyl (C=O) groups excluding carboxylic acids is 1. The van der Waals surface area contributed by atoms with Crippen molar-refractivity contribution in [2.45, 2.75) is 26.2 Å². The van der Waals surface area contributed by atoms with Gasteiger partial charge in [0.2, 0.25) is 0 Å². The van der Waals surface area contributed by atoms with Gasteiger partial charge in [-0.25, -0.2) is 0 Å². The Bertz CT molecular complexity index is 722. The first-order valence-electron chi connectivity index (χ1n) is 8.27. The van der Waals surface area contributed by atoms with Crippen LogP contribution in [-0.4, -0.2) is 53.2 Å². The molecule has 6 heteroatoms. The van der Waals surface area contributed by atoms with Crippen LogP contribution in [0.25, 0.3) is 0 Å². The molecular formula is C18H25N5O. The fraction of sp³-hybridized carbons (Fsp3) is 0.444. The summed E-state index contributed by atoms with van der Waals surface area (Å²) in [7, 11) is 6.15. The summed E-state index contributed by atoms with van der Waals surface area (Å²) in [6, 6.07) is 7.79. The Morgan fingerprint density at radius 2 is 2.17 bits per heavy atom. The fourth-order valence-electron chi connectivity index (χ4n) is 3.03. The third kappa shape index (κ3) is 3.83. The lowest BCUT2D eigenvalue weighted by atomic mass is 10.1. The molecule has 1 aliphatic heterocycles. The largest absolute Gasteiger partial charge is 0.348 e. The van der Waals surface area contributed by atoms with Gasteiger partial charge in [0.15, 0.2) is 0 Å². The third-order valence-corrected chi connectivity index (χ3v) is 4.28. The maximum atomic E-state index is 12.4. The Balaban J connectivity index is 1.65. The van der Waals surface area contributed by atoms with E-state index < -0.39 is 0 Å². The number of carbonyl (C=O) groups is 1. The van der Waals surface area contributed by atoms with Crippen molar-refractivity contribution in [1.29, 1.82) is 0 Å². The van der Waals surface area contributed by atoms with Gasteiger partial charge in [0, 0.05) is 37.3 Å². The molecule has 3 rings (SSSR count). The van der Waals surface area contributed by atoms with E-state index in [1.54, 1.807) is 0 Å². The van der Waals surface area contributed by atoms with Crippen LogP contribution in [0.4, 0.5) is 0 Å². The summed E-state index contributed by atoms with van der Waals surface area (Å²) >= 11 is 0. The number of nitrogens with zero attached hydrogens (tertiary/aromatic N) is 4. The fourth-order valence-corrected chi connectivity index (χ4v) is 3.03. The minimum Gasteiger partial charge on any atom is -0.348 e. The lowest BCUT2D eigenvalue weighted by Crippen LogP contribution is -2.32. The van der Waals surface area contributed by atoms with Gasteiger partial charge < -0.3 is 10.2 Å². The van der Waals surface area contributed by atoms with Gasteiger partial charge >= 0.3 is 0 Å². The summed E-state index contributed by atoms with van der Waals surface area (Å²) in [4.78, 5) is 16.8. The quantitative estimate of drug-likeness (QED) is 0.900. The van der Waals surface area contributed by atoms with Crippen molar-refractivity contribution in [2.75, 3.05) is 27.7 Å². The van der Waals surface area contributed by atoms with Gasteiger partial charge in [-0.3, -0.25) is 14.4 Å². The smallest absolute Gasteiger partial charge is 0.251 e. The van der Waals surface area contributed by atoms with Gasteiger partial charge in [0.25, 0.3) is 5.91 Å². The van der Waals surface area contributed by atoms with Gasteiger partial charge in [0.1, 0.15) is 0 Å². The van der Waals surface area contributed by atoms with E-state index in [9.17, 15) is 4.79 Å². The number of likely N-dealkylation sites (N-methyl/N-ethyl adjacent to an activating group) is 1. The number of amides is 1. The molecule has 0 radical (unpaired) electrons. The van der Waals surface area contributed by atoms with E-state index in [1.807, 2.05) is 49.2 Å². The molecule has 128 valence electrons. The minimum absolute atomic E-state index is 0.0419. The molecular weight excluding hydrogens is 302 g/mol. The zero-order chi connectivity index (χ0) is 17.1. The highest BCUT2D eigenvalue weighted by Crippen LogP contribution is 2.15. The van der Waals surface area contributed by atoms with E-state index >= 15 is 0 Å². The zero-order valence-corrected chi connectivity index (χ0v) is 14.6. The first-order chi connectivity index (χ1) is 11.5. The van der Waals surface area contributed by atoms with Crippen molar-refractivity contribution in [3.05, 3.63) is 52.8 Å². The molecule has 1 amide bonds. The van der Waals surface area contributed by atoms with Crippen LogP contribution in [0, 0.1) is 0 Å². The first-order valence-corrected chi connectivity index (χ1v) is 8.27. The number of rotatable bonds is 5. The number of hydrogen-bond donors (Lipinski definition) is 1. The summed E-state index contributed by atoms with van der Waals surface area (Å²) < 4.78 is 2.04. The number of nitrogens with one attached hydrogen (secondary N) is 1. The van der Waals surface area contributed by atoms with Crippen molar-refractivity contribution in [3.63, 3.8) is 0 Å². The molecule has 0 fully saturated rings. The average Bonchev–Trinajstić information content (AvgIpc) is 2.94. The van der Waals surface area contributed by atoms with E-state index in [0.29, 0.717) is 12.1 Å². The van der Waals surface area contributed by atoms with Crippen molar-refractivity contribution in [1.82, 2.24) is 24.9 Å². The normalized spacial score (nSPS) is 14.7. The van der Waals surface area contributed by atoms with Crippen LogP contribution < -0.4 is 5.32 Å². The second kappa shape index (κ2) is 7.15. The van der Waals surface area contributed by atoms with Gasteiger partial charge in [-0.2, -0.15) is 5.10 Å². The zero-order valence-electron chi connectivity index (χ0n) is 14.6. The highest BCUT2D eigenvalue weighted by Gasteiger charge is 2.18. The van der Waals surface area contributed by atoms with Crippen molar-refractivity contribution < 1.29 is 4.79 Å². The van der Waals surface area contributed by atoms with Gasteiger partial charge in [-0.1, -0.05) is 12.1 Å². The third-order valence-electron chi connectivity index (χ3n) is 4.28. The Morgan fingerprint density at radius 3 is 2.96 bits per heavy atom.